The van der Waals surface area contributed by atoms with Crippen molar-refractivity contribution < 1.29 is 14.3 Å². The number of amides is 3. The Balaban J connectivity index is 1.87. The van der Waals surface area contributed by atoms with Crippen LogP contribution in [-0.2, 0) is 4.74 Å². The van der Waals surface area contributed by atoms with Gasteiger partial charge in [-0.3, -0.25) is 4.79 Å². The normalized spacial score (nSPS) is 20.6. The molecule has 3 N–H and O–H groups in total. The standard InChI is InChI=1S/C19H29N3O3/c1-5-19(3,4)22-17(23)14-6-8-15(9-7-14)20-18(24)21-16-10-11-25-13(2)12-16/h6-9,13,16H,5,10-12H2,1-4H3,(H,22,23)(H2,20,21,24)/t13-,16+/m1/s1. The molecule has 6 heteroatoms. The first-order valence-corrected chi connectivity index (χ1v) is 8.91. The second kappa shape index (κ2) is 8.34. The van der Waals surface area contributed by atoms with Gasteiger partial charge in [0.2, 0.25) is 0 Å². The molecule has 0 aromatic heterocycles. The van der Waals surface area contributed by atoms with Crippen LogP contribution in [0, 0.1) is 0 Å². The highest BCUT2D eigenvalue weighted by Crippen LogP contribution is 2.15. The lowest BCUT2D eigenvalue weighted by Crippen LogP contribution is -2.43. The van der Waals surface area contributed by atoms with Crippen molar-refractivity contribution in [1.82, 2.24) is 10.6 Å². The summed E-state index contributed by atoms with van der Waals surface area (Å²) in [5.74, 6) is -0.112. The number of rotatable bonds is 5. The highest BCUT2D eigenvalue weighted by atomic mass is 16.5. The average Bonchev–Trinajstić information content (AvgIpc) is 2.55. The van der Waals surface area contributed by atoms with Crippen LogP contribution in [0.15, 0.2) is 24.3 Å². The third kappa shape index (κ3) is 6.05. The summed E-state index contributed by atoms with van der Waals surface area (Å²) in [6.07, 6.45) is 2.66. The quantitative estimate of drug-likeness (QED) is 0.765. The molecule has 0 spiro atoms. The summed E-state index contributed by atoms with van der Waals surface area (Å²) in [4.78, 5) is 24.3. The molecule has 2 rings (SSSR count). The van der Waals surface area contributed by atoms with Crippen LogP contribution in [0.3, 0.4) is 0 Å². The van der Waals surface area contributed by atoms with Crippen molar-refractivity contribution in [3.63, 3.8) is 0 Å². The van der Waals surface area contributed by atoms with E-state index in [-0.39, 0.29) is 29.6 Å². The van der Waals surface area contributed by atoms with Gasteiger partial charge in [-0.25, -0.2) is 4.79 Å². The fourth-order valence-electron chi connectivity index (χ4n) is 2.65. The van der Waals surface area contributed by atoms with Gasteiger partial charge < -0.3 is 20.7 Å². The number of carbonyl (C=O) groups excluding carboxylic acids is 2. The zero-order chi connectivity index (χ0) is 18.4. The molecule has 0 unspecified atom stereocenters. The second-order valence-corrected chi connectivity index (χ2v) is 7.27. The maximum absolute atomic E-state index is 12.2. The number of hydrogen-bond donors (Lipinski definition) is 3. The molecule has 2 atom stereocenters. The lowest BCUT2D eigenvalue weighted by Gasteiger charge is -2.27. The molecule has 25 heavy (non-hydrogen) atoms. The molecular formula is C19H29N3O3. The van der Waals surface area contributed by atoms with Crippen LogP contribution in [0.2, 0.25) is 0 Å². The smallest absolute Gasteiger partial charge is 0.319 e. The molecule has 1 heterocycles. The summed E-state index contributed by atoms with van der Waals surface area (Å²) in [6.45, 7) is 8.69. The number of anilines is 1. The van der Waals surface area contributed by atoms with Gasteiger partial charge in [-0.15, -0.1) is 0 Å². The van der Waals surface area contributed by atoms with Crippen molar-refractivity contribution in [1.29, 1.82) is 0 Å². The van der Waals surface area contributed by atoms with Crippen molar-refractivity contribution >= 4 is 17.6 Å². The molecule has 3 amide bonds. The van der Waals surface area contributed by atoms with Crippen molar-refractivity contribution in [2.45, 2.75) is 64.6 Å². The Morgan fingerprint density at radius 1 is 1.24 bits per heavy atom. The minimum Gasteiger partial charge on any atom is -0.378 e. The number of ether oxygens (including phenoxy) is 1. The predicted octanol–water partition coefficient (Wildman–Crippen LogP) is 3.29. The number of benzene rings is 1. The van der Waals surface area contributed by atoms with Gasteiger partial charge in [-0.05, 0) is 64.3 Å². The third-order valence-corrected chi connectivity index (χ3v) is 4.56. The highest BCUT2D eigenvalue weighted by Gasteiger charge is 2.21. The molecule has 1 aliphatic heterocycles. The summed E-state index contributed by atoms with van der Waals surface area (Å²) >= 11 is 0. The van der Waals surface area contributed by atoms with Crippen molar-refractivity contribution in [2.75, 3.05) is 11.9 Å². The minimum atomic E-state index is -0.241. The Bertz CT molecular complexity index is 598. The Hall–Kier alpha value is -2.08. The van der Waals surface area contributed by atoms with Gasteiger partial charge in [0.15, 0.2) is 0 Å². The molecule has 0 aliphatic carbocycles. The Labute approximate surface area is 149 Å². The summed E-state index contributed by atoms with van der Waals surface area (Å²) in [7, 11) is 0. The van der Waals surface area contributed by atoms with E-state index in [1.165, 1.54) is 0 Å². The lowest BCUT2D eigenvalue weighted by atomic mass is 10.0. The van der Waals surface area contributed by atoms with E-state index in [2.05, 4.69) is 16.0 Å². The molecule has 0 bridgehead atoms. The van der Waals surface area contributed by atoms with E-state index in [0.717, 1.165) is 19.3 Å². The van der Waals surface area contributed by atoms with Gasteiger partial charge >= 0.3 is 6.03 Å². The number of nitrogens with one attached hydrogen (secondary N) is 3. The van der Waals surface area contributed by atoms with Crippen molar-refractivity contribution in [3.8, 4) is 0 Å². The van der Waals surface area contributed by atoms with Crippen LogP contribution < -0.4 is 16.0 Å². The number of urea groups is 1. The van der Waals surface area contributed by atoms with E-state index in [1.807, 2.05) is 27.7 Å². The summed E-state index contributed by atoms with van der Waals surface area (Å²) in [5.41, 5.74) is 0.990. The SMILES string of the molecule is CCC(C)(C)NC(=O)c1ccc(NC(=O)N[C@H]2CCO[C@H](C)C2)cc1. The van der Waals surface area contributed by atoms with Gasteiger partial charge in [0.05, 0.1) is 6.10 Å². The van der Waals surface area contributed by atoms with Gasteiger partial charge in [-0.1, -0.05) is 6.92 Å². The maximum atomic E-state index is 12.2. The Kier molecular flexibility index (Phi) is 6.42. The molecule has 1 aliphatic rings. The van der Waals surface area contributed by atoms with Gasteiger partial charge in [0, 0.05) is 29.4 Å². The molecule has 1 fully saturated rings. The largest absolute Gasteiger partial charge is 0.378 e. The van der Waals surface area contributed by atoms with Crippen LogP contribution in [-0.4, -0.2) is 36.2 Å². The monoisotopic (exact) mass is 347 g/mol. The molecular weight excluding hydrogens is 318 g/mol. The molecule has 1 aromatic rings. The van der Waals surface area contributed by atoms with Gasteiger partial charge in [-0.2, -0.15) is 0 Å². The molecule has 6 nitrogen and oxygen atoms in total. The van der Waals surface area contributed by atoms with Gasteiger partial charge in [0.1, 0.15) is 0 Å². The fourth-order valence-corrected chi connectivity index (χ4v) is 2.65. The molecule has 0 radical (unpaired) electrons. The number of hydrogen-bond acceptors (Lipinski definition) is 3. The summed E-state index contributed by atoms with van der Waals surface area (Å²) in [5, 5.41) is 8.76. The first-order chi connectivity index (χ1) is 11.8. The first kappa shape index (κ1) is 19.2. The lowest BCUT2D eigenvalue weighted by molar-refractivity contribution is 0.0157. The van der Waals surface area contributed by atoms with E-state index in [9.17, 15) is 9.59 Å². The van der Waals surface area contributed by atoms with Crippen LogP contribution >= 0.6 is 0 Å². The molecule has 1 saturated heterocycles. The number of carbonyl (C=O) groups is 2. The molecule has 0 saturated carbocycles. The van der Waals surface area contributed by atoms with Crippen LogP contribution in [0.1, 0.15) is 57.3 Å². The zero-order valence-corrected chi connectivity index (χ0v) is 15.5. The van der Waals surface area contributed by atoms with Crippen molar-refractivity contribution in [3.05, 3.63) is 29.8 Å². The predicted molar refractivity (Wildman–Crippen MR) is 98.9 cm³/mol. The van der Waals surface area contributed by atoms with Crippen molar-refractivity contribution in [2.24, 2.45) is 0 Å². The van der Waals surface area contributed by atoms with E-state index in [0.29, 0.717) is 17.9 Å². The highest BCUT2D eigenvalue weighted by molar-refractivity contribution is 5.96. The molecule has 1 aromatic carbocycles. The average molecular weight is 347 g/mol. The summed E-state index contributed by atoms with van der Waals surface area (Å²) < 4.78 is 5.48. The topological polar surface area (TPSA) is 79.5 Å². The Morgan fingerprint density at radius 2 is 1.92 bits per heavy atom. The van der Waals surface area contributed by atoms with Gasteiger partial charge in [0.25, 0.3) is 5.91 Å². The van der Waals surface area contributed by atoms with Crippen LogP contribution in [0.5, 0.6) is 0 Å². The minimum absolute atomic E-state index is 0.112. The third-order valence-electron chi connectivity index (χ3n) is 4.56. The zero-order valence-electron chi connectivity index (χ0n) is 15.5. The van der Waals surface area contributed by atoms with Crippen LogP contribution in [0.4, 0.5) is 10.5 Å². The van der Waals surface area contributed by atoms with E-state index < -0.39 is 0 Å². The summed E-state index contributed by atoms with van der Waals surface area (Å²) in [6, 6.07) is 6.80. The van der Waals surface area contributed by atoms with E-state index >= 15 is 0 Å². The molecule has 138 valence electrons. The Morgan fingerprint density at radius 3 is 2.52 bits per heavy atom. The fraction of sp³-hybridized carbons (Fsp3) is 0.579. The van der Waals surface area contributed by atoms with E-state index in [4.69, 9.17) is 4.74 Å². The van der Waals surface area contributed by atoms with E-state index in [1.54, 1.807) is 24.3 Å². The maximum Gasteiger partial charge on any atom is 0.319 e. The first-order valence-electron chi connectivity index (χ1n) is 8.91. The van der Waals surface area contributed by atoms with Crippen LogP contribution in [0.25, 0.3) is 0 Å². The second-order valence-electron chi connectivity index (χ2n) is 7.27.